The van der Waals surface area contributed by atoms with Gasteiger partial charge in [-0.2, -0.15) is 0 Å². The van der Waals surface area contributed by atoms with E-state index < -0.39 is 9.28 Å². The van der Waals surface area contributed by atoms with Gasteiger partial charge in [0.2, 0.25) is 0 Å². The highest BCUT2D eigenvalue weighted by Gasteiger charge is 2.06. The second-order valence-corrected chi connectivity index (χ2v) is 4.76. The van der Waals surface area contributed by atoms with Crippen molar-refractivity contribution < 1.29 is 14.0 Å². The molecule has 1 atom stereocenters. The largest absolute Gasteiger partial charge is 0.508 e. The van der Waals surface area contributed by atoms with Gasteiger partial charge in [-0.3, -0.25) is 0 Å². The minimum absolute atomic E-state index is 0.283. The fourth-order valence-electron chi connectivity index (χ4n) is 1.12. The minimum Gasteiger partial charge on any atom is -0.508 e. The topological polar surface area (TPSA) is 38.7 Å². The fourth-order valence-corrected chi connectivity index (χ4v) is 2.10. The maximum Gasteiger partial charge on any atom is 0.318 e. The van der Waals surface area contributed by atoms with Gasteiger partial charge in [-0.1, -0.05) is 18.2 Å². The van der Waals surface area contributed by atoms with Gasteiger partial charge in [0.1, 0.15) is 5.75 Å². The average Bonchev–Trinajstić information content (AvgIpc) is 2.17. The standard InChI is InChI=1S/C10H16O3Si/c1-3-12-14(2)13-8-9-6-4-5-7-10(9)11/h4-7,11,14H,3,8H2,1-2H3. The molecule has 1 rings (SSSR count). The molecule has 78 valence electrons. The van der Waals surface area contributed by atoms with E-state index in [1.807, 2.05) is 25.6 Å². The lowest BCUT2D eigenvalue weighted by Gasteiger charge is -2.11. The lowest BCUT2D eigenvalue weighted by atomic mass is 10.2. The zero-order valence-electron chi connectivity index (χ0n) is 8.56. The van der Waals surface area contributed by atoms with E-state index in [0.717, 1.165) is 5.56 Å². The molecule has 1 aromatic rings. The van der Waals surface area contributed by atoms with Crippen LogP contribution in [0.5, 0.6) is 5.75 Å². The molecule has 0 heterocycles. The van der Waals surface area contributed by atoms with Crippen LogP contribution in [0.2, 0.25) is 6.55 Å². The zero-order valence-corrected chi connectivity index (χ0v) is 9.72. The van der Waals surface area contributed by atoms with E-state index in [0.29, 0.717) is 13.2 Å². The molecule has 1 aromatic carbocycles. The molecule has 0 saturated carbocycles. The van der Waals surface area contributed by atoms with Crippen LogP contribution in [0.25, 0.3) is 0 Å². The van der Waals surface area contributed by atoms with Gasteiger partial charge in [0.15, 0.2) is 0 Å². The van der Waals surface area contributed by atoms with Gasteiger partial charge in [0.25, 0.3) is 0 Å². The van der Waals surface area contributed by atoms with Crippen LogP contribution in [0.4, 0.5) is 0 Å². The van der Waals surface area contributed by atoms with Crippen LogP contribution in [0, 0.1) is 0 Å². The first kappa shape index (κ1) is 11.2. The molecule has 0 radical (unpaired) electrons. The summed E-state index contributed by atoms with van der Waals surface area (Å²) in [5.74, 6) is 0.283. The SMILES string of the molecule is CCO[SiH](C)OCc1ccccc1O. The van der Waals surface area contributed by atoms with Gasteiger partial charge in [0.05, 0.1) is 6.61 Å². The molecular weight excluding hydrogens is 196 g/mol. The number of hydrogen-bond acceptors (Lipinski definition) is 3. The van der Waals surface area contributed by atoms with Crippen LogP contribution < -0.4 is 0 Å². The van der Waals surface area contributed by atoms with Crippen molar-refractivity contribution in [2.75, 3.05) is 6.61 Å². The molecule has 0 aliphatic rings. The summed E-state index contributed by atoms with van der Waals surface area (Å²) in [7, 11) is -1.50. The Morgan fingerprint density at radius 1 is 1.29 bits per heavy atom. The first-order valence-corrected chi connectivity index (χ1v) is 6.84. The van der Waals surface area contributed by atoms with Crippen LogP contribution in [0.15, 0.2) is 24.3 Å². The molecule has 0 spiro atoms. The molecular formula is C10H16O3Si. The second-order valence-electron chi connectivity index (χ2n) is 2.96. The highest BCUT2D eigenvalue weighted by molar-refractivity contribution is 6.42. The minimum atomic E-state index is -1.50. The van der Waals surface area contributed by atoms with Crippen molar-refractivity contribution >= 4 is 9.28 Å². The van der Waals surface area contributed by atoms with E-state index in [9.17, 15) is 5.11 Å². The van der Waals surface area contributed by atoms with E-state index in [1.165, 1.54) is 0 Å². The monoisotopic (exact) mass is 212 g/mol. The first-order chi connectivity index (χ1) is 6.74. The Bertz CT molecular complexity index is 278. The van der Waals surface area contributed by atoms with Crippen molar-refractivity contribution in [1.82, 2.24) is 0 Å². The van der Waals surface area contributed by atoms with Crippen LogP contribution in [-0.4, -0.2) is 21.0 Å². The summed E-state index contributed by atoms with van der Waals surface area (Å²) >= 11 is 0. The third-order valence-corrected chi connectivity index (χ3v) is 3.31. The van der Waals surface area contributed by atoms with Crippen LogP contribution in [0.1, 0.15) is 12.5 Å². The molecule has 0 bridgehead atoms. The molecule has 3 nitrogen and oxygen atoms in total. The number of para-hydroxylation sites is 1. The Morgan fingerprint density at radius 3 is 2.64 bits per heavy atom. The van der Waals surface area contributed by atoms with Gasteiger partial charge >= 0.3 is 9.28 Å². The quantitative estimate of drug-likeness (QED) is 0.756. The zero-order chi connectivity index (χ0) is 10.4. The molecule has 1 unspecified atom stereocenters. The van der Waals surface area contributed by atoms with Gasteiger partial charge in [-0.05, 0) is 19.5 Å². The van der Waals surface area contributed by atoms with Crippen molar-refractivity contribution in [2.24, 2.45) is 0 Å². The molecule has 1 N–H and O–H groups in total. The van der Waals surface area contributed by atoms with Crippen molar-refractivity contribution in [3.8, 4) is 5.75 Å². The maximum atomic E-state index is 9.45. The van der Waals surface area contributed by atoms with E-state index in [4.69, 9.17) is 8.85 Å². The molecule has 0 aliphatic heterocycles. The number of benzene rings is 1. The molecule has 0 saturated heterocycles. The number of hydrogen-bond donors (Lipinski definition) is 1. The lowest BCUT2D eigenvalue weighted by molar-refractivity contribution is 0.200. The van der Waals surface area contributed by atoms with Crippen molar-refractivity contribution in [3.05, 3.63) is 29.8 Å². The summed E-state index contributed by atoms with van der Waals surface area (Å²) in [6, 6.07) is 7.18. The van der Waals surface area contributed by atoms with Gasteiger partial charge in [-0.25, -0.2) is 0 Å². The van der Waals surface area contributed by atoms with E-state index in [1.54, 1.807) is 12.1 Å². The summed E-state index contributed by atoms with van der Waals surface area (Å²) in [6.07, 6.45) is 0. The first-order valence-electron chi connectivity index (χ1n) is 4.74. The summed E-state index contributed by atoms with van der Waals surface area (Å²) in [6.45, 7) is 5.05. The highest BCUT2D eigenvalue weighted by atomic mass is 28.3. The smallest absolute Gasteiger partial charge is 0.318 e. The maximum absolute atomic E-state index is 9.45. The highest BCUT2D eigenvalue weighted by Crippen LogP contribution is 2.16. The molecule has 0 aromatic heterocycles. The number of rotatable bonds is 5. The molecule has 0 fully saturated rings. The summed E-state index contributed by atoms with van der Waals surface area (Å²) in [5, 5.41) is 9.45. The van der Waals surface area contributed by atoms with Crippen LogP contribution in [-0.2, 0) is 15.5 Å². The summed E-state index contributed by atoms with van der Waals surface area (Å²) in [5.41, 5.74) is 0.812. The second kappa shape index (κ2) is 5.80. The van der Waals surface area contributed by atoms with Gasteiger partial charge in [0, 0.05) is 12.2 Å². The molecule has 0 amide bonds. The Balaban J connectivity index is 2.41. The van der Waals surface area contributed by atoms with Gasteiger partial charge in [-0.15, -0.1) is 0 Å². The Hall–Kier alpha value is -0.843. The Morgan fingerprint density at radius 2 is 2.00 bits per heavy atom. The number of phenolic OH excluding ortho intramolecular Hbond substituents is 1. The number of phenols is 1. The molecule has 14 heavy (non-hydrogen) atoms. The van der Waals surface area contributed by atoms with Crippen molar-refractivity contribution in [2.45, 2.75) is 20.1 Å². The summed E-state index contributed by atoms with van der Waals surface area (Å²) in [4.78, 5) is 0. The van der Waals surface area contributed by atoms with E-state index >= 15 is 0 Å². The molecule has 4 heteroatoms. The third kappa shape index (κ3) is 3.49. The van der Waals surface area contributed by atoms with Gasteiger partial charge < -0.3 is 14.0 Å². The van der Waals surface area contributed by atoms with E-state index in [-0.39, 0.29) is 5.75 Å². The number of aromatic hydroxyl groups is 1. The molecule has 0 aliphatic carbocycles. The Kier molecular flexibility index (Phi) is 4.65. The van der Waals surface area contributed by atoms with Crippen molar-refractivity contribution in [1.29, 1.82) is 0 Å². The Labute approximate surface area is 86.1 Å². The predicted molar refractivity (Wildman–Crippen MR) is 57.5 cm³/mol. The van der Waals surface area contributed by atoms with Crippen molar-refractivity contribution in [3.63, 3.8) is 0 Å². The van der Waals surface area contributed by atoms with E-state index in [2.05, 4.69) is 0 Å². The van der Waals surface area contributed by atoms with Crippen LogP contribution >= 0.6 is 0 Å². The average molecular weight is 212 g/mol. The van der Waals surface area contributed by atoms with Crippen LogP contribution in [0.3, 0.4) is 0 Å². The summed E-state index contributed by atoms with van der Waals surface area (Å²) < 4.78 is 10.8. The lowest BCUT2D eigenvalue weighted by Crippen LogP contribution is -2.18. The predicted octanol–water partition coefficient (Wildman–Crippen LogP) is 1.80. The third-order valence-electron chi connectivity index (χ3n) is 1.87. The fraction of sp³-hybridized carbons (Fsp3) is 0.400. The normalized spacial score (nSPS) is 12.7.